The Kier molecular flexibility index (Phi) is 12.3. The molecular weight excluding hydrogens is 464 g/mol. The molecule has 194 valence electrons. The van der Waals surface area contributed by atoms with Crippen molar-refractivity contribution >= 4 is 23.8 Å². The van der Waals surface area contributed by atoms with Crippen LogP contribution >= 0.6 is 11.8 Å². The Morgan fingerprint density at radius 2 is 1.71 bits per heavy atom. The van der Waals surface area contributed by atoms with E-state index in [1.807, 2.05) is 20.1 Å². The number of benzene rings is 1. The zero-order chi connectivity index (χ0) is 26.1. The van der Waals surface area contributed by atoms with Gasteiger partial charge < -0.3 is 20.8 Å². The maximum absolute atomic E-state index is 13.8. The van der Waals surface area contributed by atoms with Crippen molar-refractivity contribution in [1.82, 2.24) is 15.5 Å². The lowest BCUT2D eigenvalue weighted by atomic mass is 9.94. The van der Waals surface area contributed by atoms with Crippen molar-refractivity contribution in [2.45, 2.75) is 71.2 Å². The highest BCUT2D eigenvalue weighted by Gasteiger charge is 2.37. The summed E-state index contributed by atoms with van der Waals surface area (Å²) in [7, 11) is 0. The molecule has 0 saturated heterocycles. The van der Waals surface area contributed by atoms with E-state index < -0.39 is 41.5 Å². The zero-order valence-corrected chi connectivity index (χ0v) is 21.7. The third-order valence-electron chi connectivity index (χ3n) is 5.26. The summed E-state index contributed by atoms with van der Waals surface area (Å²) >= 11 is 1.59. The van der Waals surface area contributed by atoms with Crippen molar-refractivity contribution in [2.75, 3.05) is 25.1 Å². The largest absolute Gasteiger partial charge is 0.465 e. The minimum Gasteiger partial charge on any atom is -0.465 e. The second-order valence-corrected chi connectivity index (χ2v) is 10.8. The summed E-state index contributed by atoms with van der Waals surface area (Å²) in [5, 5.41) is 26.9. The normalized spacial score (nSPS) is 14.5. The van der Waals surface area contributed by atoms with E-state index in [0.717, 1.165) is 28.9 Å². The summed E-state index contributed by atoms with van der Waals surface area (Å²) < 4.78 is 27.5. The van der Waals surface area contributed by atoms with Gasteiger partial charge in [-0.3, -0.25) is 9.69 Å². The molecule has 1 rings (SSSR count). The first kappa shape index (κ1) is 30.1. The SMILES string of the molecule is CSCC[C@H](NC[C@H](O)[C@H](Cc1cc(F)cc(F)c1)N(C(=O)O)C(C)(C)C)C(=O)NCC(C)C. The van der Waals surface area contributed by atoms with E-state index in [4.69, 9.17) is 0 Å². The van der Waals surface area contributed by atoms with Gasteiger partial charge in [-0.2, -0.15) is 11.8 Å². The number of hydrogen-bond donors (Lipinski definition) is 4. The van der Waals surface area contributed by atoms with Crippen LogP contribution in [0.5, 0.6) is 0 Å². The van der Waals surface area contributed by atoms with Crippen LogP contribution in [0.4, 0.5) is 13.6 Å². The van der Waals surface area contributed by atoms with Crippen LogP contribution in [0.3, 0.4) is 0 Å². The van der Waals surface area contributed by atoms with Gasteiger partial charge in [0.05, 0.1) is 18.2 Å². The fourth-order valence-corrected chi connectivity index (χ4v) is 4.16. The van der Waals surface area contributed by atoms with E-state index in [1.54, 1.807) is 32.5 Å². The number of amides is 2. The van der Waals surface area contributed by atoms with Gasteiger partial charge in [0.15, 0.2) is 0 Å². The van der Waals surface area contributed by atoms with Gasteiger partial charge in [-0.05, 0) is 69.2 Å². The molecule has 4 N–H and O–H groups in total. The van der Waals surface area contributed by atoms with Crippen LogP contribution in [0.25, 0.3) is 0 Å². The number of carboxylic acid groups (broad SMARTS) is 1. The summed E-state index contributed by atoms with van der Waals surface area (Å²) in [6, 6.07) is 1.41. The summed E-state index contributed by atoms with van der Waals surface area (Å²) in [5.41, 5.74) is -0.665. The number of nitrogens with one attached hydrogen (secondary N) is 2. The topological polar surface area (TPSA) is 102 Å². The molecule has 0 aliphatic rings. The highest BCUT2D eigenvalue weighted by molar-refractivity contribution is 7.98. The Balaban J connectivity index is 3.13. The highest BCUT2D eigenvalue weighted by Crippen LogP contribution is 2.23. The molecule has 3 atom stereocenters. The van der Waals surface area contributed by atoms with Crippen molar-refractivity contribution in [1.29, 1.82) is 0 Å². The molecule has 0 unspecified atom stereocenters. The molecular formula is C24H39F2N3O4S. The molecule has 2 amide bonds. The molecule has 0 heterocycles. The number of aliphatic hydroxyl groups excluding tert-OH is 1. The molecule has 0 radical (unpaired) electrons. The molecule has 0 fully saturated rings. The molecule has 34 heavy (non-hydrogen) atoms. The van der Waals surface area contributed by atoms with Gasteiger partial charge in [0.2, 0.25) is 5.91 Å². The molecule has 0 aliphatic heterocycles. The van der Waals surface area contributed by atoms with Gasteiger partial charge in [-0.1, -0.05) is 13.8 Å². The van der Waals surface area contributed by atoms with Gasteiger partial charge in [-0.15, -0.1) is 0 Å². The molecule has 7 nitrogen and oxygen atoms in total. The number of carbonyl (C=O) groups excluding carboxylic acids is 1. The van der Waals surface area contributed by atoms with Crippen LogP contribution in [0.2, 0.25) is 0 Å². The maximum Gasteiger partial charge on any atom is 0.408 e. The lowest BCUT2D eigenvalue weighted by Crippen LogP contribution is -2.59. The quantitative estimate of drug-likeness (QED) is 0.329. The van der Waals surface area contributed by atoms with Crippen molar-refractivity contribution in [2.24, 2.45) is 5.92 Å². The Morgan fingerprint density at radius 1 is 1.12 bits per heavy atom. The van der Waals surface area contributed by atoms with Gasteiger partial charge >= 0.3 is 6.09 Å². The standard InChI is InChI=1S/C24H39F2N3O4S/c1-15(2)13-28-22(31)19(7-8-34-6)27-14-21(30)20(29(23(32)33)24(3,4)5)11-16-9-17(25)12-18(26)10-16/h9-10,12,15,19-21,27,30H,7-8,11,13-14H2,1-6H3,(H,28,31)(H,32,33)/t19-,20-,21-/m0/s1. The van der Waals surface area contributed by atoms with Gasteiger partial charge in [-0.25, -0.2) is 13.6 Å². The number of rotatable bonds is 13. The van der Waals surface area contributed by atoms with Crippen molar-refractivity contribution in [3.8, 4) is 0 Å². The average Bonchev–Trinajstić information content (AvgIpc) is 2.69. The molecule has 0 aliphatic carbocycles. The predicted octanol–water partition coefficient (Wildman–Crippen LogP) is 3.50. The average molecular weight is 504 g/mol. The fraction of sp³-hybridized carbons (Fsp3) is 0.667. The number of nitrogens with zero attached hydrogens (tertiary/aromatic N) is 1. The summed E-state index contributed by atoms with van der Waals surface area (Å²) in [4.78, 5) is 25.9. The number of carbonyl (C=O) groups is 2. The minimum atomic E-state index is -1.26. The number of halogens is 2. The first-order valence-electron chi connectivity index (χ1n) is 11.4. The smallest absolute Gasteiger partial charge is 0.408 e. The second-order valence-electron chi connectivity index (χ2n) is 9.82. The van der Waals surface area contributed by atoms with Crippen LogP contribution in [0, 0.1) is 17.6 Å². The van der Waals surface area contributed by atoms with Crippen LogP contribution in [-0.4, -0.2) is 75.9 Å². The van der Waals surface area contributed by atoms with E-state index in [0.29, 0.717) is 13.0 Å². The summed E-state index contributed by atoms with van der Waals surface area (Å²) in [6.07, 6.45) is -0.145. The number of aliphatic hydroxyl groups is 1. The Bertz CT molecular complexity index is 785. The molecule has 0 saturated carbocycles. The second kappa shape index (κ2) is 13.8. The van der Waals surface area contributed by atoms with Crippen LogP contribution < -0.4 is 10.6 Å². The zero-order valence-electron chi connectivity index (χ0n) is 20.9. The van der Waals surface area contributed by atoms with Gasteiger partial charge in [0.1, 0.15) is 11.6 Å². The molecule has 1 aromatic rings. The fourth-order valence-electron chi connectivity index (χ4n) is 3.68. The molecule has 10 heteroatoms. The van der Waals surface area contributed by atoms with Crippen LogP contribution in [-0.2, 0) is 11.2 Å². The summed E-state index contributed by atoms with van der Waals surface area (Å²) in [6.45, 7) is 9.46. The molecule has 0 bridgehead atoms. The predicted molar refractivity (Wildman–Crippen MR) is 132 cm³/mol. The van der Waals surface area contributed by atoms with Crippen LogP contribution in [0.1, 0.15) is 46.6 Å². The monoisotopic (exact) mass is 503 g/mol. The Labute approximate surface area is 205 Å². The lowest BCUT2D eigenvalue weighted by Gasteiger charge is -2.42. The minimum absolute atomic E-state index is 0.0729. The van der Waals surface area contributed by atoms with E-state index in [-0.39, 0.29) is 30.4 Å². The van der Waals surface area contributed by atoms with Crippen molar-refractivity contribution < 1.29 is 28.6 Å². The van der Waals surface area contributed by atoms with E-state index in [9.17, 15) is 28.6 Å². The Morgan fingerprint density at radius 3 is 2.18 bits per heavy atom. The first-order chi connectivity index (χ1) is 15.8. The van der Waals surface area contributed by atoms with E-state index >= 15 is 0 Å². The number of hydrogen-bond acceptors (Lipinski definition) is 5. The third-order valence-corrected chi connectivity index (χ3v) is 5.90. The first-order valence-corrected chi connectivity index (χ1v) is 12.8. The third kappa shape index (κ3) is 10.1. The molecule has 0 spiro atoms. The summed E-state index contributed by atoms with van der Waals surface area (Å²) in [5.74, 6) is -0.749. The van der Waals surface area contributed by atoms with E-state index in [1.165, 1.54) is 0 Å². The molecule has 1 aromatic carbocycles. The Hall–Kier alpha value is -1.91. The van der Waals surface area contributed by atoms with Crippen molar-refractivity contribution in [3.63, 3.8) is 0 Å². The van der Waals surface area contributed by atoms with Crippen LogP contribution in [0.15, 0.2) is 18.2 Å². The highest BCUT2D eigenvalue weighted by atomic mass is 32.2. The lowest BCUT2D eigenvalue weighted by molar-refractivity contribution is -0.123. The molecule has 0 aromatic heterocycles. The van der Waals surface area contributed by atoms with Crippen molar-refractivity contribution in [3.05, 3.63) is 35.4 Å². The van der Waals surface area contributed by atoms with Gasteiger partial charge in [0.25, 0.3) is 0 Å². The van der Waals surface area contributed by atoms with E-state index in [2.05, 4.69) is 10.6 Å². The number of thioether (sulfide) groups is 1. The maximum atomic E-state index is 13.8. The van der Waals surface area contributed by atoms with Gasteiger partial charge in [0, 0.05) is 24.7 Å².